The molecule has 1 aliphatic rings. The van der Waals surface area contributed by atoms with Crippen LogP contribution in [0.25, 0.3) is 0 Å². The molecule has 0 radical (unpaired) electrons. The number of carbonyl (C=O) groups excluding carboxylic acids is 1. The summed E-state index contributed by atoms with van der Waals surface area (Å²) in [4.78, 5) is 16.8. The fourth-order valence-electron chi connectivity index (χ4n) is 3.08. The van der Waals surface area contributed by atoms with E-state index in [1.165, 1.54) is 5.56 Å². The van der Waals surface area contributed by atoms with Crippen molar-refractivity contribution in [2.24, 2.45) is 5.73 Å². The second-order valence-corrected chi connectivity index (χ2v) is 6.60. The molecule has 1 unspecified atom stereocenters. The summed E-state index contributed by atoms with van der Waals surface area (Å²) in [5, 5.41) is 2.95. The van der Waals surface area contributed by atoms with Gasteiger partial charge in [-0.15, -0.1) is 0 Å². The first-order valence-electron chi connectivity index (χ1n) is 9.19. The Kier molecular flexibility index (Phi) is 8.90. The largest absolute Gasteiger partial charge is 0.380 e. The molecule has 0 saturated carbocycles. The average molecular weight is 348 g/mol. The Balaban J connectivity index is 1.54. The SMILES string of the molecule is COC(CN)CC(=O)NCCCN1CCN(Cc2ccccc2)CC1. The van der Waals surface area contributed by atoms with Crippen molar-refractivity contribution in [1.29, 1.82) is 0 Å². The minimum Gasteiger partial charge on any atom is -0.380 e. The maximum atomic E-state index is 11.8. The molecule has 1 heterocycles. The molecule has 0 spiro atoms. The summed E-state index contributed by atoms with van der Waals surface area (Å²) in [6, 6.07) is 10.6. The molecule has 0 aromatic heterocycles. The van der Waals surface area contributed by atoms with Crippen molar-refractivity contribution in [3.63, 3.8) is 0 Å². The minimum absolute atomic E-state index is 0.0185. The lowest BCUT2D eigenvalue weighted by molar-refractivity contribution is -0.123. The maximum absolute atomic E-state index is 11.8. The van der Waals surface area contributed by atoms with E-state index in [0.29, 0.717) is 19.5 Å². The van der Waals surface area contributed by atoms with Gasteiger partial charge in [0, 0.05) is 52.9 Å². The smallest absolute Gasteiger partial charge is 0.222 e. The Labute approximate surface area is 151 Å². The lowest BCUT2D eigenvalue weighted by atomic mass is 10.2. The predicted molar refractivity (Wildman–Crippen MR) is 100 cm³/mol. The van der Waals surface area contributed by atoms with Gasteiger partial charge < -0.3 is 20.7 Å². The molecule has 0 aliphatic carbocycles. The van der Waals surface area contributed by atoms with Gasteiger partial charge in [-0.1, -0.05) is 30.3 Å². The van der Waals surface area contributed by atoms with E-state index in [9.17, 15) is 4.79 Å². The van der Waals surface area contributed by atoms with Crippen LogP contribution in [-0.2, 0) is 16.1 Å². The van der Waals surface area contributed by atoms with E-state index in [1.54, 1.807) is 7.11 Å². The number of rotatable bonds is 10. The van der Waals surface area contributed by atoms with Crippen LogP contribution in [0.15, 0.2) is 30.3 Å². The molecule has 3 N–H and O–H groups in total. The second-order valence-electron chi connectivity index (χ2n) is 6.60. The number of methoxy groups -OCH3 is 1. The summed E-state index contributed by atoms with van der Waals surface area (Å²) in [5.41, 5.74) is 6.91. The molecule has 0 bridgehead atoms. The van der Waals surface area contributed by atoms with Crippen LogP contribution in [0.2, 0.25) is 0 Å². The molecule has 1 aromatic carbocycles. The van der Waals surface area contributed by atoms with Crippen LogP contribution in [-0.4, -0.2) is 74.7 Å². The van der Waals surface area contributed by atoms with Gasteiger partial charge in [0.1, 0.15) is 0 Å². The van der Waals surface area contributed by atoms with Gasteiger partial charge in [0.05, 0.1) is 12.5 Å². The minimum atomic E-state index is -0.183. The molecule has 1 aromatic rings. The number of carbonyl (C=O) groups is 1. The van der Waals surface area contributed by atoms with Gasteiger partial charge in [0.25, 0.3) is 0 Å². The number of ether oxygens (including phenoxy) is 1. The van der Waals surface area contributed by atoms with Crippen molar-refractivity contribution in [3.05, 3.63) is 35.9 Å². The summed E-state index contributed by atoms with van der Waals surface area (Å²) < 4.78 is 5.13. The monoisotopic (exact) mass is 348 g/mol. The molecule has 25 heavy (non-hydrogen) atoms. The van der Waals surface area contributed by atoms with E-state index >= 15 is 0 Å². The molecular formula is C19H32N4O2. The van der Waals surface area contributed by atoms with Gasteiger partial charge in [0.2, 0.25) is 5.91 Å². The summed E-state index contributed by atoms with van der Waals surface area (Å²) in [6.45, 7) is 7.55. The topological polar surface area (TPSA) is 70.8 Å². The van der Waals surface area contributed by atoms with Gasteiger partial charge in [0.15, 0.2) is 0 Å². The van der Waals surface area contributed by atoms with E-state index in [1.807, 2.05) is 0 Å². The third-order valence-electron chi connectivity index (χ3n) is 4.70. The number of hydrogen-bond donors (Lipinski definition) is 2. The van der Waals surface area contributed by atoms with Crippen LogP contribution in [0.5, 0.6) is 0 Å². The second kappa shape index (κ2) is 11.2. The van der Waals surface area contributed by atoms with E-state index in [0.717, 1.165) is 45.7 Å². The molecular weight excluding hydrogens is 316 g/mol. The van der Waals surface area contributed by atoms with Crippen molar-refractivity contribution >= 4 is 5.91 Å². The number of amides is 1. The van der Waals surface area contributed by atoms with Crippen LogP contribution in [0.4, 0.5) is 0 Å². The van der Waals surface area contributed by atoms with Crippen LogP contribution in [0, 0.1) is 0 Å². The first kappa shape index (κ1) is 19.8. The summed E-state index contributed by atoms with van der Waals surface area (Å²) in [6.07, 6.45) is 1.13. The lowest BCUT2D eigenvalue weighted by Gasteiger charge is -2.34. The zero-order chi connectivity index (χ0) is 17.9. The highest BCUT2D eigenvalue weighted by Crippen LogP contribution is 2.08. The molecule has 1 saturated heterocycles. The zero-order valence-electron chi connectivity index (χ0n) is 15.3. The van der Waals surface area contributed by atoms with E-state index in [4.69, 9.17) is 10.5 Å². The number of hydrogen-bond acceptors (Lipinski definition) is 5. The third-order valence-corrected chi connectivity index (χ3v) is 4.70. The van der Waals surface area contributed by atoms with E-state index < -0.39 is 0 Å². The fourth-order valence-corrected chi connectivity index (χ4v) is 3.08. The van der Waals surface area contributed by atoms with Crippen molar-refractivity contribution in [1.82, 2.24) is 15.1 Å². The normalized spacial score (nSPS) is 17.4. The van der Waals surface area contributed by atoms with Gasteiger partial charge >= 0.3 is 0 Å². The van der Waals surface area contributed by atoms with Gasteiger partial charge in [-0.05, 0) is 18.5 Å². The van der Waals surface area contributed by atoms with Gasteiger partial charge in [-0.25, -0.2) is 0 Å². The molecule has 2 rings (SSSR count). The van der Waals surface area contributed by atoms with E-state index in [2.05, 4.69) is 45.4 Å². The number of piperazine rings is 1. The van der Waals surface area contributed by atoms with Gasteiger partial charge in [-0.3, -0.25) is 9.69 Å². The highest BCUT2D eigenvalue weighted by molar-refractivity contribution is 5.76. The quantitative estimate of drug-likeness (QED) is 0.608. The number of nitrogens with one attached hydrogen (secondary N) is 1. The molecule has 6 heteroatoms. The van der Waals surface area contributed by atoms with Crippen molar-refractivity contribution < 1.29 is 9.53 Å². The van der Waals surface area contributed by atoms with Crippen molar-refractivity contribution in [3.8, 4) is 0 Å². The van der Waals surface area contributed by atoms with Crippen LogP contribution in [0.1, 0.15) is 18.4 Å². The third kappa shape index (κ3) is 7.52. The average Bonchev–Trinajstić information content (AvgIpc) is 2.65. The molecule has 1 atom stereocenters. The molecule has 1 aliphatic heterocycles. The summed E-state index contributed by atoms with van der Waals surface area (Å²) in [7, 11) is 1.59. The van der Waals surface area contributed by atoms with Crippen molar-refractivity contribution in [2.45, 2.75) is 25.5 Å². The Bertz CT molecular complexity index is 485. The fraction of sp³-hybridized carbons (Fsp3) is 0.632. The number of benzene rings is 1. The molecule has 1 amide bonds. The van der Waals surface area contributed by atoms with Crippen LogP contribution >= 0.6 is 0 Å². The summed E-state index contributed by atoms with van der Waals surface area (Å²) >= 11 is 0. The predicted octanol–water partition coefficient (Wildman–Crippen LogP) is 0.674. The Morgan fingerprint density at radius 3 is 2.52 bits per heavy atom. The highest BCUT2D eigenvalue weighted by atomic mass is 16.5. The molecule has 1 fully saturated rings. The Hall–Kier alpha value is -1.47. The number of nitrogens with two attached hydrogens (primary N) is 1. The standard InChI is InChI=1S/C19H32N4O2/c1-25-18(15-20)14-19(24)21-8-5-9-22-10-12-23(13-11-22)16-17-6-3-2-4-7-17/h2-4,6-7,18H,5,8-16,20H2,1H3,(H,21,24). The Morgan fingerprint density at radius 1 is 1.20 bits per heavy atom. The van der Waals surface area contributed by atoms with Gasteiger partial charge in [-0.2, -0.15) is 0 Å². The van der Waals surface area contributed by atoms with Crippen LogP contribution < -0.4 is 11.1 Å². The molecule has 6 nitrogen and oxygen atoms in total. The zero-order valence-corrected chi connectivity index (χ0v) is 15.3. The first-order valence-corrected chi connectivity index (χ1v) is 9.19. The van der Waals surface area contributed by atoms with E-state index in [-0.39, 0.29) is 12.0 Å². The lowest BCUT2D eigenvalue weighted by Crippen LogP contribution is -2.46. The Morgan fingerprint density at radius 2 is 1.88 bits per heavy atom. The maximum Gasteiger partial charge on any atom is 0.222 e. The summed E-state index contributed by atoms with van der Waals surface area (Å²) in [5.74, 6) is 0.0185. The molecule has 140 valence electrons. The number of nitrogens with zero attached hydrogens (tertiary/aromatic N) is 2. The van der Waals surface area contributed by atoms with Crippen molar-refractivity contribution in [2.75, 3.05) is 52.9 Å². The first-order chi connectivity index (χ1) is 12.2. The highest BCUT2D eigenvalue weighted by Gasteiger charge is 2.16. The van der Waals surface area contributed by atoms with Crippen LogP contribution in [0.3, 0.4) is 0 Å².